The SMILES string of the molecule is Cc1ccc(/C=C/C(=O)NNC(=O)c2ccccc2Br)cc1Cl. The number of aryl methyl sites for hydroxylation is 1. The highest BCUT2D eigenvalue weighted by Crippen LogP contribution is 2.17. The number of nitrogens with one attached hydrogen (secondary N) is 2. The van der Waals surface area contributed by atoms with Crippen molar-refractivity contribution in [3.63, 3.8) is 0 Å². The third kappa shape index (κ3) is 4.94. The average Bonchev–Trinajstić information content (AvgIpc) is 2.54. The van der Waals surface area contributed by atoms with Crippen molar-refractivity contribution in [2.75, 3.05) is 0 Å². The lowest BCUT2D eigenvalue weighted by Gasteiger charge is -2.06. The molecule has 0 unspecified atom stereocenters. The Morgan fingerprint density at radius 1 is 1.13 bits per heavy atom. The molecule has 4 nitrogen and oxygen atoms in total. The lowest BCUT2D eigenvalue weighted by atomic mass is 10.1. The predicted octanol–water partition coefficient (Wildman–Crippen LogP) is 3.89. The van der Waals surface area contributed by atoms with E-state index in [-0.39, 0.29) is 0 Å². The minimum atomic E-state index is -0.442. The Kier molecular flexibility index (Phi) is 5.96. The Morgan fingerprint density at radius 2 is 1.87 bits per heavy atom. The molecular weight excluding hydrogens is 380 g/mol. The van der Waals surface area contributed by atoms with Gasteiger partial charge in [-0.25, -0.2) is 0 Å². The van der Waals surface area contributed by atoms with E-state index in [1.165, 1.54) is 6.08 Å². The van der Waals surface area contributed by atoms with Gasteiger partial charge in [0.25, 0.3) is 11.8 Å². The molecule has 0 aliphatic heterocycles. The average molecular weight is 394 g/mol. The zero-order chi connectivity index (χ0) is 16.8. The van der Waals surface area contributed by atoms with Crippen LogP contribution in [0.15, 0.2) is 53.0 Å². The summed E-state index contributed by atoms with van der Waals surface area (Å²) in [5.74, 6) is -0.847. The second-order valence-electron chi connectivity index (χ2n) is 4.77. The summed E-state index contributed by atoms with van der Waals surface area (Å²) >= 11 is 9.30. The number of hydrogen-bond acceptors (Lipinski definition) is 2. The molecule has 2 aromatic rings. The molecule has 2 aromatic carbocycles. The zero-order valence-corrected chi connectivity index (χ0v) is 14.6. The van der Waals surface area contributed by atoms with E-state index in [4.69, 9.17) is 11.6 Å². The number of benzene rings is 2. The van der Waals surface area contributed by atoms with Crippen LogP contribution in [0, 0.1) is 6.92 Å². The molecule has 0 heterocycles. The fraction of sp³-hybridized carbons (Fsp3) is 0.0588. The normalized spacial score (nSPS) is 10.6. The molecule has 6 heteroatoms. The molecule has 2 rings (SSSR count). The summed E-state index contributed by atoms with van der Waals surface area (Å²) in [7, 11) is 0. The van der Waals surface area contributed by atoms with E-state index in [0.29, 0.717) is 15.1 Å². The first-order valence-electron chi connectivity index (χ1n) is 6.76. The van der Waals surface area contributed by atoms with Gasteiger partial charge in [0.2, 0.25) is 0 Å². The molecule has 0 aromatic heterocycles. The van der Waals surface area contributed by atoms with Gasteiger partial charge in [-0.05, 0) is 58.3 Å². The maximum atomic E-state index is 11.9. The van der Waals surface area contributed by atoms with Gasteiger partial charge in [-0.3, -0.25) is 20.4 Å². The molecule has 2 N–H and O–H groups in total. The van der Waals surface area contributed by atoms with E-state index >= 15 is 0 Å². The zero-order valence-electron chi connectivity index (χ0n) is 12.3. The highest BCUT2D eigenvalue weighted by Gasteiger charge is 2.09. The largest absolute Gasteiger partial charge is 0.270 e. The predicted molar refractivity (Wildman–Crippen MR) is 95.0 cm³/mol. The molecule has 0 atom stereocenters. The van der Waals surface area contributed by atoms with Crippen molar-refractivity contribution in [3.8, 4) is 0 Å². The van der Waals surface area contributed by atoms with Crippen molar-refractivity contribution in [1.29, 1.82) is 0 Å². The first kappa shape index (κ1) is 17.2. The van der Waals surface area contributed by atoms with Gasteiger partial charge in [-0.1, -0.05) is 35.9 Å². The summed E-state index contributed by atoms with van der Waals surface area (Å²) in [6, 6.07) is 12.4. The number of carbonyl (C=O) groups excluding carboxylic acids is 2. The molecule has 0 spiro atoms. The highest BCUT2D eigenvalue weighted by molar-refractivity contribution is 9.10. The van der Waals surface area contributed by atoms with Gasteiger partial charge >= 0.3 is 0 Å². The lowest BCUT2D eigenvalue weighted by Crippen LogP contribution is -2.40. The fourth-order valence-corrected chi connectivity index (χ4v) is 2.41. The van der Waals surface area contributed by atoms with Crippen molar-refractivity contribution in [2.24, 2.45) is 0 Å². The van der Waals surface area contributed by atoms with Crippen LogP contribution in [-0.4, -0.2) is 11.8 Å². The molecule has 0 bridgehead atoms. The van der Waals surface area contributed by atoms with Crippen molar-refractivity contribution >= 4 is 45.4 Å². The Hall–Kier alpha value is -2.11. The van der Waals surface area contributed by atoms with Crippen LogP contribution in [0.5, 0.6) is 0 Å². The third-order valence-corrected chi connectivity index (χ3v) is 4.14. The van der Waals surface area contributed by atoms with Crippen LogP contribution in [0.1, 0.15) is 21.5 Å². The first-order chi connectivity index (χ1) is 11.0. The van der Waals surface area contributed by atoms with Crippen molar-refractivity contribution in [3.05, 3.63) is 74.7 Å². The number of rotatable bonds is 3. The number of amides is 2. The van der Waals surface area contributed by atoms with E-state index in [1.54, 1.807) is 36.4 Å². The maximum Gasteiger partial charge on any atom is 0.270 e. The van der Waals surface area contributed by atoms with Crippen molar-refractivity contribution < 1.29 is 9.59 Å². The minimum Gasteiger partial charge on any atom is -0.268 e. The second-order valence-corrected chi connectivity index (χ2v) is 6.03. The third-order valence-electron chi connectivity index (χ3n) is 3.04. The van der Waals surface area contributed by atoms with Gasteiger partial charge in [0, 0.05) is 15.6 Å². The fourth-order valence-electron chi connectivity index (χ4n) is 1.76. The van der Waals surface area contributed by atoms with Crippen LogP contribution in [0.2, 0.25) is 5.02 Å². The molecule has 2 amide bonds. The van der Waals surface area contributed by atoms with Gasteiger partial charge in [-0.15, -0.1) is 0 Å². The molecule has 0 fully saturated rings. The van der Waals surface area contributed by atoms with Crippen LogP contribution in [0.3, 0.4) is 0 Å². The summed E-state index contributed by atoms with van der Waals surface area (Å²) in [4.78, 5) is 23.7. The molecule has 0 saturated heterocycles. The summed E-state index contributed by atoms with van der Waals surface area (Å²) < 4.78 is 0.650. The van der Waals surface area contributed by atoms with E-state index in [0.717, 1.165) is 11.1 Å². The molecular formula is C17H14BrClN2O2. The molecule has 23 heavy (non-hydrogen) atoms. The molecule has 0 radical (unpaired) electrons. The number of halogens is 2. The van der Waals surface area contributed by atoms with Gasteiger partial charge < -0.3 is 0 Å². The topological polar surface area (TPSA) is 58.2 Å². The van der Waals surface area contributed by atoms with Crippen LogP contribution in [-0.2, 0) is 4.79 Å². The maximum absolute atomic E-state index is 11.9. The number of hydrogen-bond donors (Lipinski definition) is 2. The molecule has 0 aliphatic carbocycles. The van der Waals surface area contributed by atoms with Crippen LogP contribution >= 0.6 is 27.5 Å². The number of carbonyl (C=O) groups is 2. The molecule has 0 saturated carbocycles. The number of hydrazine groups is 1. The van der Waals surface area contributed by atoms with Crippen LogP contribution < -0.4 is 10.9 Å². The smallest absolute Gasteiger partial charge is 0.268 e. The second kappa shape index (κ2) is 7.94. The monoisotopic (exact) mass is 392 g/mol. The standard InChI is InChI=1S/C17H14BrClN2O2/c1-11-6-7-12(10-15(11)19)8-9-16(22)20-21-17(23)13-4-2-3-5-14(13)18/h2-10H,1H3,(H,20,22)(H,21,23)/b9-8+. The Labute approximate surface area is 147 Å². The van der Waals surface area contributed by atoms with Gasteiger partial charge in [-0.2, -0.15) is 0 Å². The minimum absolute atomic E-state index is 0.405. The van der Waals surface area contributed by atoms with Gasteiger partial charge in [0.1, 0.15) is 0 Å². The Morgan fingerprint density at radius 3 is 2.57 bits per heavy atom. The van der Waals surface area contributed by atoms with Gasteiger partial charge in [0.05, 0.1) is 5.56 Å². The van der Waals surface area contributed by atoms with E-state index in [1.807, 2.05) is 19.1 Å². The lowest BCUT2D eigenvalue weighted by molar-refractivity contribution is -0.117. The van der Waals surface area contributed by atoms with Crippen molar-refractivity contribution in [2.45, 2.75) is 6.92 Å². The first-order valence-corrected chi connectivity index (χ1v) is 7.93. The molecule has 0 aliphatic rings. The van der Waals surface area contributed by atoms with E-state index in [9.17, 15) is 9.59 Å². The Balaban J connectivity index is 1.92. The summed E-state index contributed by atoms with van der Waals surface area (Å²) in [5.41, 5.74) is 6.87. The molecule has 118 valence electrons. The Bertz CT molecular complexity index is 775. The summed E-state index contributed by atoms with van der Waals surface area (Å²) in [5, 5.41) is 0.634. The van der Waals surface area contributed by atoms with Crippen molar-refractivity contribution in [1.82, 2.24) is 10.9 Å². The summed E-state index contributed by atoms with van der Waals surface area (Å²) in [6.07, 6.45) is 2.94. The van der Waals surface area contributed by atoms with E-state index < -0.39 is 11.8 Å². The van der Waals surface area contributed by atoms with Gasteiger partial charge in [0.15, 0.2) is 0 Å². The highest BCUT2D eigenvalue weighted by atomic mass is 79.9. The van der Waals surface area contributed by atoms with E-state index in [2.05, 4.69) is 26.8 Å². The van der Waals surface area contributed by atoms with Crippen LogP contribution in [0.4, 0.5) is 0 Å². The summed E-state index contributed by atoms with van der Waals surface area (Å²) in [6.45, 7) is 1.90. The quantitative estimate of drug-likeness (QED) is 0.614. The van der Waals surface area contributed by atoms with Crippen LogP contribution in [0.25, 0.3) is 6.08 Å².